The SMILES string of the molecule is CCN(C)c1noc(C(C)(N)C2CC2)n1. The fourth-order valence-corrected chi connectivity index (χ4v) is 1.59. The fraction of sp³-hybridized carbons (Fsp3) is 0.800. The molecule has 1 aromatic rings. The Morgan fingerprint density at radius 2 is 2.27 bits per heavy atom. The van der Waals surface area contributed by atoms with Gasteiger partial charge in [-0.25, -0.2) is 0 Å². The summed E-state index contributed by atoms with van der Waals surface area (Å²) in [7, 11) is 1.93. The molecule has 1 unspecified atom stereocenters. The molecular formula is C10H18N4O. The first-order valence-corrected chi connectivity index (χ1v) is 5.40. The zero-order valence-electron chi connectivity index (χ0n) is 9.53. The van der Waals surface area contributed by atoms with Gasteiger partial charge in [0, 0.05) is 13.6 Å². The summed E-state index contributed by atoms with van der Waals surface area (Å²) in [6, 6.07) is 0. The monoisotopic (exact) mass is 210 g/mol. The average molecular weight is 210 g/mol. The van der Waals surface area contributed by atoms with E-state index >= 15 is 0 Å². The van der Waals surface area contributed by atoms with Crippen LogP contribution in [0.2, 0.25) is 0 Å². The standard InChI is InChI=1S/C10H18N4O/c1-4-14(3)9-12-8(15-13-9)10(2,11)7-5-6-7/h7H,4-6,11H2,1-3H3. The quantitative estimate of drug-likeness (QED) is 0.806. The zero-order chi connectivity index (χ0) is 11.1. The predicted octanol–water partition coefficient (Wildman–Crippen LogP) is 1.11. The molecule has 0 aliphatic heterocycles. The summed E-state index contributed by atoms with van der Waals surface area (Å²) >= 11 is 0. The van der Waals surface area contributed by atoms with E-state index in [-0.39, 0.29) is 0 Å². The Labute approximate surface area is 89.6 Å². The molecular weight excluding hydrogens is 192 g/mol. The molecule has 84 valence electrons. The van der Waals surface area contributed by atoms with E-state index in [0.29, 0.717) is 17.8 Å². The number of aromatic nitrogens is 2. The second-order valence-electron chi connectivity index (χ2n) is 4.47. The van der Waals surface area contributed by atoms with Gasteiger partial charge < -0.3 is 15.2 Å². The van der Waals surface area contributed by atoms with Gasteiger partial charge in [0.2, 0.25) is 5.89 Å². The van der Waals surface area contributed by atoms with Crippen LogP contribution in [-0.4, -0.2) is 23.7 Å². The average Bonchev–Trinajstić information content (AvgIpc) is 2.95. The van der Waals surface area contributed by atoms with Crippen LogP contribution in [0.1, 0.15) is 32.6 Å². The molecule has 0 amide bonds. The van der Waals surface area contributed by atoms with Gasteiger partial charge >= 0.3 is 0 Å². The molecule has 1 aromatic heterocycles. The largest absolute Gasteiger partial charge is 0.342 e. The second kappa shape index (κ2) is 3.48. The minimum Gasteiger partial charge on any atom is -0.342 e. The molecule has 0 saturated heterocycles. The highest BCUT2D eigenvalue weighted by molar-refractivity contribution is 5.26. The molecule has 1 saturated carbocycles. The Kier molecular flexibility index (Phi) is 2.42. The van der Waals surface area contributed by atoms with Gasteiger partial charge in [-0.3, -0.25) is 0 Å². The molecule has 1 aliphatic rings. The Morgan fingerprint density at radius 3 is 2.80 bits per heavy atom. The summed E-state index contributed by atoms with van der Waals surface area (Å²) in [6.45, 7) is 4.86. The van der Waals surface area contributed by atoms with Crippen molar-refractivity contribution >= 4 is 5.95 Å². The van der Waals surface area contributed by atoms with Crippen molar-refractivity contribution < 1.29 is 4.52 Å². The minimum atomic E-state index is -0.459. The van der Waals surface area contributed by atoms with Gasteiger partial charge in [-0.05, 0) is 37.8 Å². The Balaban J connectivity index is 2.19. The highest BCUT2D eigenvalue weighted by atomic mass is 16.5. The summed E-state index contributed by atoms with van der Waals surface area (Å²) < 4.78 is 5.23. The van der Waals surface area contributed by atoms with Crippen LogP contribution in [0, 0.1) is 5.92 Å². The van der Waals surface area contributed by atoms with E-state index in [1.54, 1.807) is 0 Å². The lowest BCUT2D eigenvalue weighted by molar-refractivity contribution is 0.273. The number of nitrogens with two attached hydrogens (primary N) is 1. The summed E-state index contributed by atoms with van der Waals surface area (Å²) in [5.74, 6) is 1.67. The first-order chi connectivity index (χ1) is 7.05. The van der Waals surface area contributed by atoms with Crippen molar-refractivity contribution in [2.24, 2.45) is 11.7 Å². The van der Waals surface area contributed by atoms with Crippen LogP contribution in [0.25, 0.3) is 0 Å². The van der Waals surface area contributed by atoms with Gasteiger partial charge in [-0.15, -0.1) is 0 Å². The van der Waals surface area contributed by atoms with E-state index in [1.165, 1.54) is 0 Å². The molecule has 1 heterocycles. The molecule has 0 aromatic carbocycles. The van der Waals surface area contributed by atoms with Crippen LogP contribution in [0.4, 0.5) is 5.95 Å². The van der Waals surface area contributed by atoms with Gasteiger partial charge in [-0.2, -0.15) is 4.98 Å². The second-order valence-corrected chi connectivity index (χ2v) is 4.47. The smallest absolute Gasteiger partial charge is 0.265 e. The highest BCUT2D eigenvalue weighted by Gasteiger charge is 2.43. The molecule has 2 rings (SSSR count). The van der Waals surface area contributed by atoms with Crippen LogP contribution in [0.5, 0.6) is 0 Å². The maximum atomic E-state index is 6.18. The van der Waals surface area contributed by atoms with Gasteiger partial charge in [0.15, 0.2) is 0 Å². The van der Waals surface area contributed by atoms with Gasteiger partial charge in [-0.1, -0.05) is 0 Å². The Bertz CT molecular complexity index is 343. The van der Waals surface area contributed by atoms with Crippen molar-refractivity contribution in [3.05, 3.63) is 5.89 Å². The molecule has 0 bridgehead atoms. The topological polar surface area (TPSA) is 68.2 Å². The summed E-state index contributed by atoms with van der Waals surface area (Å²) in [6.07, 6.45) is 2.32. The van der Waals surface area contributed by atoms with E-state index in [1.807, 2.05) is 25.8 Å². The maximum absolute atomic E-state index is 6.18. The minimum absolute atomic E-state index is 0.459. The molecule has 0 spiro atoms. The van der Waals surface area contributed by atoms with E-state index in [0.717, 1.165) is 19.4 Å². The van der Waals surface area contributed by atoms with Gasteiger partial charge in [0.05, 0.1) is 5.54 Å². The number of nitrogens with zero attached hydrogens (tertiary/aromatic N) is 3. The molecule has 1 fully saturated rings. The lowest BCUT2D eigenvalue weighted by Crippen LogP contribution is -2.35. The molecule has 1 aliphatic carbocycles. The Hall–Kier alpha value is -1.10. The van der Waals surface area contributed by atoms with E-state index in [9.17, 15) is 0 Å². The number of hydrogen-bond acceptors (Lipinski definition) is 5. The molecule has 1 atom stereocenters. The van der Waals surface area contributed by atoms with Gasteiger partial charge in [0.1, 0.15) is 0 Å². The highest BCUT2D eigenvalue weighted by Crippen LogP contribution is 2.43. The van der Waals surface area contributed by atoms with Crippen molar-refractivity contribution in [3.8, 4) is 0 Å². The maximum Gasteiger partial charge on any atom is 0.265 e. The summed E-state index contributed by atoms with van der Waals surface area (Å²) in [5, 5.41) is 3.92. The van der Waals surface area contributed by atoms with Crippen LogP contribution in [-0.2, 0) is 5.54 Å². The van der Waals surface area contributed by atoms with Gasteiger partial charge in [0.25, 0.3) is 5.95 Å². The van der Waals surface area contributed by atoms with Crippen molar-refractivity contribution in [2.45, 2.75) is 32.2 Å². The van der Waals surface area contributed by atoms with Crippen LogP contribution in [0.3, 0.4) is 0 Å². The van der Waals surface area contributed by atoms with Crippen LogP contribution >= 0.6 is 0 Å². The van der Waals surface area contributed by atoms with Crippen molar-refractivity contribution in [1.29, 1.82) is 0 Å². The molecule has 5 nitrogen and oxygen atoms in total. The number of rotatable bonds is 4. The lowest BCUT2D eigenvalue weighted by atomic mass is 9.97. The molecule has 0 radical (unpaired) electrons. The zero-order valence-corrected chi connectivity index (χ0v) is 9.53. The lowest BCUT2D eigenvalue weighted by Gasteiger charge is -2.18. The molecule has 5 heteroatoms. The number of hydrogen-bond donors (Lipinski definition) is 1. The van der Waals surface area contributed by atoms with E-state index < -0.39 is 5.54 Å². The van der Waals surface area contributed by atoms with Crippen LogP contribution < -0.4 is 10.6 Å². The molecule has 2 N–H and O–H groups in total. The third kappa shape index (κ3) is 1.84. The summed E-state index contributed by atoms with van der Waals surface area (Å²) in [4.78, 5) is 6.26. The third-order valence-electron chi connectivity index (χ3n) is 3.12. The first kappa shape index (κ1) is 10.4. The predicted molar refractivity (Wildman–Crippen MR) is 57.5 cm³/mol. The van der Waals surface area contributed by atoms with Crippen molar-refractivity contribution in [2.75, 3.05) is 18.5 Å². The van der Waals surface area contributed by atoms with Crippen molar-refractivity contribution in [3.63, 3.8) is 0 Å². The first-order valence-electron chi connectivity index (χ1n) is 5.40. The fourth-order valence-electron chi connectivity index (χ4n) is 1.59. The number of anilines is 1. The molecule has 15 heavy (non-hydrogen) atoms. The van der Waals surface area contributed by atoms with Crippen molar-refractivity contribution in [1.82, 2.24) is 10.1 Å². The van der Waals surface area contributed by atoms with E-state index in [2.05, 4.69) is 10.1 Å². The Morgan fingerprint density at radius 1 is 1.60 bits per heavy atom. The summed E-state index contributed by atoms with van der Waals surface area (Å²) in [5.41, 5.74) is 5.73. The third-order valence-corrected chi connectivity index (χ3v) is 3.12. The normalized spacial score (nSPS) is 20.0. The van der Waals surface area contributed by atoms with Crippen LogP contribution in [0.15, 0.2) is 4.52 Å². The van der Waals surface area contributed by atoms with E-state index in [4.69, 9.17) is 10.3 Å².